The predicted molar refractivity (Wildman–Crippen MR) is 69.0 cm³/mol. The van der Waals surface area contributed by atoms with Crippen molar-refractivity contribution in [3.8, 4) is 0 Å². The lowest BCUT2D eigenvalue weighted by Crippen LogP contribution is -2.59. The lowest BCUT2D eigenvalue weighted by molar-refractivity contribution is -0.140. The van der Waals surface area contributed by atoms with Gasteiger partial charge < -0.3 is 10.2 Å². The van der Waals surface area contributed by atoms with Crippen molar-refractivity contribution >= 4 is 11.8 Å². The van der Waals surface area contributed by atoms with Gasteiger partial charge in [-0.1, -0.05) is 12.8 Å². The van der Waals surface area contributed by atoms with Crippen molar-refractivity contribution in [1.82, 2.24) is 15.1 Å². The Morgan fingerprint density at radius 3 is 2.44 bits per heavy atom. The third kappa shape index (κ3) is 2.66. The predicted octanol–water partition coefficient (Wildman–Crippen LogP) is 0.0652. The Bertz CT molecular complexity index is 326. The molecule has 0 spiro atoms. The number of nitrogens with zero attached hydrogens (tertiary/aromatic N) is 2. The van der Waals surface area contributed by atoms with E-state index in [0.717, 1.165) is 25.9 Å². The molecule has 1 saturated carbocycles. The number of hydrogen-bond acceptors (Lipinski definition) is 3. The van der Waals surface area contributed by atoms with Crippen LogP contribution >= 0.6 is 0 Å². The second-order valence-electron chi connectivity index (χ2n) is 5.38. The van der Waals surface area contributed by atoms with Crippen molar-refractivity contribution in [2.45, 2.75) is 31.7 Å². The van der Waals surface area contributed by atoms with Gasteiger partial charge in [-0.3, -0.25) is 14.5 Å². The molecule has 5 heteroatoms. The molecule has 1 unspecified atom stereocenters. The molecule has 18 heavy (non-hydrogen) atoms. The molecule has 102 valence electrons. The zero-order chi connectivity index (χ0) is 13.1. The van der Waals surface area contributed by atoms with Gasteiger partial charge in [0.25, 0.3) is 0 Å². The highest BCUT2D eigenvalue weighted by Crippen LogP contribution is 2.27. The number of amides is 2. The summed E-state index contributed by atoms with van der Waals surface area (Å²) in [5.41, 5.74) is 0. The van der Waals surface area contributed by atoms with E-state index in [1.54, 1.807) is 7.05 Å². The van der Waals surface area contributed by atoms with Crippen LogP contribution in [0.1, 0.15) is 25.7 Å². The van der Waals surface area contributed by atoms with Gasteiger partial charge in [0, 0.05) is 32.6 Å². The monoisotopic (exact) mass is 253 g/mol. The second kappa shape index (κ2) is 5.69. The summed E-state index contributed by atoms with van der Waals surface area (Å²) in [5.74, 6) is 0.467. The van der Waals surface area contributed by atoms with Crippen molar-refractivity contribution in [1.29, 1.82) is 0 Å². The summed E-state index contributed by atoms with van der Waals surface area (Å²) in [7, 11) is 3.59. The Hall–Kier alpha value is -1.10. The fourth-order valence-electron chi connectivity index (χ4n) is 2.95. The smallest absolute Gasteiger partial charge is 0.238 e. The van der Waals surface area contributed by atoms with Crippen molar-refractivity contribution in [2.75, 3.05) is 33.7 Å². The highest BCUT2D eigenvalue weighted by molar-refractivity contribution is 5.84. The van der Waals surface area contributed by atoms with E-state index in [1.165, 1.54) is 12.8 Å². The third-order valence-corrected chi connectivity index (χ3v) is 4.21. The fourth-order valence-corrected chi connectivity index (χ4v) is 2.95. The lowest BCUT2D eigenvalue weighted by atomic mass is 10.0. The highest BCUT2D eigenvalue weighted by atomic mass is 16.2. The Morgan fingerprint density at radius 1 is 1.17 bits per heavy atom. The van der Waals surface area contributed by atoms with Crippen LogP contribution in [0.2, 0.25) is 0 Å². The van der Waals surface area contributed by atoms with Gasteiger partial charge >= 0.3 is 0 Å². The Kier molecular flexibility index (Phi) is 4.22. The molecule has 2 rings (SSSR count). The number of nitrogens with one attached hydrogen (secondary N) is 1. The summed E-state index contributed by atoms with van der Waals surface area (Å²) >= 11 is 0. The van der Waals surface area contributed by atoms with Gasteiger partial charge in [-0.05, 0) is 19.9 Å². The number of rotatable bonds is 2. The van der Waals surface area contributed by atoms with Gasteiger partial charge in [0.15, 0.2) is 0 Å². The Labute approximate surface area is 108 Å². The minimum Gasteiger partial charge on any atom is -0.358 e. The van der Waals surface area contributed by atoms with Gasteiger partial charge in [0.2, 0.25) is 11.8 Å². The molecule has 5 nitrogen and oxygen atoms in total. The number of piperazine rings is 1. The average molecular weight is 253 g/mol. The molecule has 0 aromatic heterocycles. The first-order chi connectivity index (χ1) is 8.63. The number of carbonyl (C=O) groups excluding carboxylic acids is 2. The van der Waals surface area contributed by atoms with E-state index in [1.807, 2.05) is 16.8 Å². The molecule has 2 fully saturated rings. The maximum absolute atomic E-state index is 12.3. The van der Waals surface area contributed by atoms with Crippen LogP contribution in [-0.2, 0) is 9.59 Å². The van der Waals surface area contributed by atoms with E-state index >= 15 is 0 Å². The molecular weight excluding hydrogens is 230 g/mol. The minimum absolute atomic E-state index is 0.00132. The number of carbonyl (C=O) groups is 2. The molecule has 0 aromatic rings. The molecule has 0 radical (unpaired) electrons. The normalized spacial score (nSPS) is 26.3. The standard InChI is InChI=1S/C13H23N3O2/c1-14-12(17)11-9-16(8-7-15(11)2)13(18)10-5-3-4-6-10/h10-11H,3-9H2,1-2H3,(H,14,17). The van der Waals surface area contributed by atoms with Crippen LogP contribution in [0.25, 0.3) is 0 Å². The van der Waals surface area contributed by atoms with Crippen LogP contribution in [0.3, 0.4) is 0 Å². The first-order valence-corrected chi connectivity index (χ1v) is 6.84. The zero-order valence-corrected chi connectivity index (χ0v) is 11.3. The Balaban J connectivity index is 1.97. The van der Waals surface area contributed by atoms with Crippen molar-refractivity contribution < 1.29 is 9.59 Å². The lowest BCUT2D eigenvalue weighted by Gasteiger charge is -2.39. The summed E-state index contributed by atoms with van der Waals surface area (Å²) < 4.78 is 0. The molecule has 1 heterocycles. The minimum atomic E-state index is -0.200. The molecular formula is C13H23N3O2. The molecule has 1 atom stereocenters. The van der Waals surface area contributed by atoms with E-state index in [2.05, 4.69) is 5.32 Å². The van der Waals surface area contributed by atoms with Crippen LogP contribution in [0.15, 0.2) is 0 Å². The average Bonchev–Trinajstić information content (AvgIpc) is 2.91. The van der Waals surface area contributed by atoms with Crippen molar-refractivity contribution in [2.24, 2.45) is 5.92 Å². The van der Waals surface area contributed by atoms with Crippen molar-refractivity contribution in [3.63, 3.8) is 0 Å². The summed E-state index contributed by atoms with van der Waals surface area (Å²) in [5, 5.41) is 2.68. The molecule has 0 aromatic carbocycles. The molecule has 2 aliphatic rings. The summed E-state index contributed by atoms with van der Waals surface area (Å²) in [6.45, 7) is 2.06. The fraction of sp³-hybridized carbons (Fsp3) is 0.846. The molecule has 1 aliphatic carbocycles. The summed E-state index contributed by atoms with van der Waals surface area (Å²) in [6, 6.07) is -0.200. The van der Waals surface area contributed by atoms with E-state index in [4.69, 9.17) is 0 Å². The van der Waals surface area contributed by atoms with Gasteiger partial charge in [-0.15, -0.1) is 0 Å². The topological polar surface area (TPSA) is 52.7 Å². The van der Waals surface area contributed by atoms with Crippen LogP contribution in [0.5, 0.6) is 0 Å². The van der Waals surface area contributed by atoms with Gasteiger partial charge in [-0.25, -0.2) is 0 Å². The Morgan fingerprint density at radius 2 is 1.83 bits per heavy atom. The van der Waals surface area contributed by atoms with Crippen LogP contribution in [0.4, 0.5) is 0 Å². The first-order valence-electron chi connectivity index (χ1n) is 6.84. The molecule has 1 N–H and O–H groups in total. The highest BCUT2D eigenvalue weighted by Gasteiger charge is 2.34. The number of hydrogen-bond donors (Lipinski definition) is 1. The quantitative estimate of drug-likeness (QED) is 0.757. The van der Waals surface area contributed by atoms with E-state index in [-0.39, 0.29) is 23.8 Å². The van der Waals surface area contributed by atoms with Crippen molar-refractivity contribution in [3.05, 3.63) is 0 Å². The molecule has 1 saturated heterocycles. The maximum atomic E-state index is 12.3. The molecule has 0 bridgehead atoms. The summed E-state index contributed by atoms with van der Waals surface area (Å²) in [6.07, 6.45) is 4.39. The zero-order valence-electron chi connectivity index (χ0n) is 11.3. The molecule has 2 amide bonds. The van der Waals surface area contributed by atoms with Gasteiger partial charge in [0.1, 0.15) is 6.04 Å². The van der Waals surface area contributed by atoms with Gasteiger partial charge in [0.05, 0.1) is 0 Å². The van der Waals surface area contributed by atoms with Crippen LogP contribution < -0.4 is 5.32 Å². The van der Waals surface area contributed by atoms with Gasteiger partial charge in [-0.2, -0.15) is 0 Å². The molecule has 1 aliphatic heterocycles. The third-order valence-electron chi connectivity index (χ3n) is 4.21. The second-order valence-corrected chi connectivity index (χ2v) is 5.38. The number of likely N-dealkylation sites (N-methyl/N-ethyl adjacent to an activating group) is 2. The van der Waals surface area contributed by atoms with E-state index in [9.17, 15) is 9.59 Å². The SMILES string of the molecule is CNC(=O)C1CN(C(=O)C2CCCC2)CCN1C. The maximum Gasteiger partial charge on any atom is 0.238 e. The van der Waals surface area contributed by atoms with E-state index in [0.29, 0.717) is 6.54 Å². The largest absolute Gasteiger partial charge is 0.358 e. The van der Waals surface area contributed by atoms with E-state index < -0.39 is 0 Å². The van der Waals surface area contributed by atoms with Crippen LogP contribution in [-0.4, -0.2) is 61.4 Å². The summed E-state index contributed by atoms with van der Waals surface area (Å²) in [4.78, 5) is 28.0. The first kappa shape index (κ1) is 13.3. The van der Waals surface area contributed by atoms with Crippen LogP contribution in [0, 0.1) is 5.92 Å².